The molecule has 0 fully saturated rings. The third kappa shape index (κ3) is 3.40. The SMILES string of the molecule is Cc1cc(-n2c(=O)cc(F)n3c(=O)ccnc23)ccc1Br.FCF. The quantitative estimate of drug-likeness (QED) is 0.589. The zero-order chi connectivity index (χ0) is 17.9. The third-order valence-corrected chi connectivity index (χ3v) is 3.99. The van der Waals surface area contributed by atoms with Crippen LogP contribution in [-0.4, -0.2) is 20.9 Å². The van der Waals surface area contributed by atoms with E-state index in [-0.39, 0.29) is 5.78 Å². The monoisotopic (exact) mass is 401 g/mol. The number of hydrogen-bond donors (Lipinski definition) is 0. The van der Waals surface area contributed by atoms with E-state index < -0.39 is 24.0 Å². The lowest BCUT2D eigenvalue weighted by molar-refractivity contribution is 0.295. The maximum Gasteiger partial charge on any atom is 0.262 e. The number of alkyl halides is 2. The largest absolute Gasteiger partial charge is 0.269 e. The van der Waals surface area contributed by atoms with Crippen molar-refractivity contribution in [1.82, 2.24) is 14.0 Å². The van der Waals surface area contributed by atoms with Crippen LogP contribution in [0.1, 0.15) is 5.56 Å². The Hall–Kier alpha value is -2.42. The Kier molecular flexibility index (Phi) is 5.55. The normalized spacial score (nSPS) is 10.4. The Balaban J connectivity index is 0.000000647. The van der Waals surface area contributed by atoms with Crippen LogP contribution in [0.5, 0.6) is 0 Å². The van der Waals surface area contributed by atoms with Crippen molar-refractivity contribution >= 4 is 21.7 Å². The zero-order valence-corrected chi connectivity index (χ0v) is 13.9. The predicted molar refractivity (Wildman–Crippen MR) is 86.5 cm³/mol. The van der Waals surface area contributed by atoms with Crippen LogP contribution in [0.4, 0.5) is 13.2 Å². The first-order chi connectivity index (χ1) is 11.4. The number of aryl methyl sites for hydroxylation is 1. The van der Waals surface area contributed by atoms with Gasteiger partial charge >= 0.3 is 0 Å². The van der Waals surface area contributed by atoms with Crippen LogP contribution in [0, 0.1) is 12.9 Å². The molecule has 0 radical (unpaired) electrons. The van der Waals surface area contributed by atoms with Gasteiger partial charge in [-0.2, -0.15) is 4.39 Å². The van der Waals surface area contributed by atoms with Gasteiger partial charge in [0.25, 0.3) is 11.1 Å². The molecule has 0 aliphatic rings. The molecule has 2 heterocycles. The van der Waals surface area contributed by atoms with Crippen molar-refractivity contribution in [3.05, 3.63) is 73.2 Å². The van der Waals surface area contributed by atoms with Gasteiger partial charge < -0.3 is 0 Å². The Morgan fingerprint density at radius 1 is 1.12 bits per heavy atom. The van der Waals surface area contributed by atoms with Crippen molar-refractivity contribution in [2.24, 2.45) is 0 Å². The summed E-state index contributed by atoms with van der Waals surface area (Å²) in [7, 11) is 0. The fraction of sp³-hybridized carbons (Fsp3) is 0.133. The molecule has 9 heteroatoms. The molecule has 3 rings (SSSR count). The van der Waals surface area contributed by atoms with E-state index in [1.165, 1.54) is 10.8 Å². The smallest absolute Gasteiger partial charge is 0.262 e. The minimum absolute atomic E-state index is 0.0609. The highest BCUT2D eigenvalue weighted by atomic mass is 79.9. The summed E-state index contributed by atoms with van der Waals surface area (Å²) in [4.78, 5) is 27.9. The van der Waals surface area contributed by atoms with Crippen molar-refractivity contribution in [3.63, 3.8) is 0 Å². The Bertz CT molecular complexity index is 1000. The van der Waals surface area contributed by atoms with Crippen molar-refractivity contribution in [2.75, 3.05) is 6.93 Å². The molecule has 0 atom stereocenters. The molecule has 1 aromatic carbocycles. The van der Waals surface area contributed by atoms with Crippen molar-refractivity contribution in [3.8, 4) is 5.69 Å². The molecule has 0 N–H and O–H groups in total. The van der Waals surface area contributed by atoms with E-state index in [9.17, 15) is 22.8 Å². The van der Waals surface area contributed by atoms with Gasteiger partial charge in [0.1, 0.15) is 0 Å². The lowest BCUT2D eigenvalue weighted by Gasteiger charge is -2.11. The van der Waals surface area contributed by atoms with E-state index >= 15 is 0 Å². The number of fused-ring (bicyclic) bond motifs is 1. The van der Waals surface area contributed by atoms with Gasteiger partial charge in [-0.15, -0.1) is 0 Å². The van der Waals surface area contributed by atoms with Crippen LogP contribution in [0.3, 0.4) is 0 Å². The average Bonchev–Trinajstić information content (AvgIpc) is 2.51. The zero-order valence-electron chi connectivity index (χ0n) is 12.3. The number of benzene rings is 1. The number of nitrogens with zero attached hydrogens (tertiary/aromatic N) is 3. The summed E-state index contributed by atoms with van der Waals surface area (Å²) in [6.07, 6.45) is 1.25. The van der Waals surface area contributed by atoms with Crippen LogP contribution in [0.2, 0.25) is 0 Å². The second-order valence-electron chi connectivity index (χ2n) is 4.59. The lowest BCUT2D eigenvalue weighted by atomic mass is 10.2. The van der Waals surface area contributed by atoms with E-state index in [1.54, 1.807) is 18.2 Å². The van der Waals surface area contributed by atoms with E-state index in [0.717, 1.165) is 26.6 Å². The van der Waals surface area contributed by atoms with E-state index in [1.807, 2.05) is 6.92 Å². The summed E-state index contributed by atoms with van der Waals surface area (Å²) in [5.74, 6) is -0.993. The number of halogens is 4. The lowest BCUT2D eigenvalue weighted by Crippen LogP contribution is -2.28. The highest BCUT2D eigenvalue weighted by molar-refractivity contribution is 9.10. The fourth-order valence-electron chi connectivity index (χ4n) is 2.10. The van der Waals surface area contributed by atoms with Crippen LogP contribution in [0.25, 0.3) is 11.5 Å². The highest BCUT2D eigenvalue weighted by Gasteiger charge is 2.12. The van der Waals surface area contributed by atoms with Gasteiger partial charge in [-0.05, 0) is 30.7 Å². The van der Waals surface area contributed by atoms with Gasteiger partial charge in [0, 0.05) is 16.7 Å². The fourth-order valence-corrected chi connectivity index (χ4v) is 2.34. The molecule has 0 saturated carbocycles. The summed E-state index contributed by atoms with van der Waals surface area (Å²) in [6.45, 7) is 0.115. The first-order valence-corrected chi connectivity index (χ1v) is 7.37. The average molecular weight is 402 g/mol. The molecule has 0 spiro atoms. The van der Waals surface area contributed by atoms with Gasteiger partial charge in [-0.3, -0.25) is 9.59 Å². The molecule has 0 bridgehead atoms. The first kappa shape index (κ1) is 17.9. The summed E-state index contributed by atoms with van der Waals surface area (Å²) in [6, 6.07) is 7.13. The second kappa shape index (κ2) is 7.43. The van der Waals surface area contributed by atoms with Gasteiger partial charge in [0.05, 0.1) is 11.8 Å². The number of rotatable bonds is 1. The molecule has 0 aliphatic heterocycles. The van der Waals surface area contributed by atoms with E-state index in [4.69, 9.17) is 0 Å². The van der Waals surface area contributed by atoms with Crippen molar-refractivity contribution < 1.29 is 13.2 Å². The minimum Gasteiger partial charge on any atom is -0.269 e. The maximum atomic E-state index is 13.8. The molecule has 5 nitrogen and oxygen atoms in total. The van der Waals surface area contributed by atoms with E-state index in [0.29, 0.717) is 5.69 Å². The maximum absolute atomic E-state index is 13.8. The molecule has 0 aliphatic carbocycles. The van der Waals surface area contributed by atoms with Gasteiger partial charge in [-0.25, -0.2) is 22.7 Å². The molecule has 0 amide bonds. The molecule has 0 unspecified atom stereocenters. The highest BCUT2D eigenvalue weighted by Crippen LogP contribution is 2.19. The molecule has 3 aromatic rings. The van der Waals surface area contributed by atoms with Crippen LogP contribution in [-0.2, 0) is 0 Å². The first-order valence-electron chi connectivity index (χ1n) is 6.58. The van der Waals surface area contributed by atoms with Crippen molar-refractivity contribution in [1.29, 1.82) is 0 Å². The van der Waals surface area contributed by atoms with Crippen LogP contribution < -0.4 is 11.1 Å². The summed E-state index contributed by atoms with van der Waals surface area (Å²) in [5, 5.41) is 0. The Labute approximate surface area is 142 Å². The van der Waals surface area contributed by atoms with Crippen LogP contribution in [0.15, 0.2) is 50.6 Å². The molecule has 0 saturated heterocycles. The summed E-state index contributed by atoms with van der Waals surface area (Å²) >= 11 is 3.38. The molecule has 126 valence electrons. The van der Waals surface area contributed by atoms with Crippen LogP contribution >= 0.6 is 15.9 Å². The Morgan fingerprint density at radius 2 is 1.79 bits per heavy atom. The summed E-state index contributed by atoms with van der Waals surface area (Å²) in [5.41, 5.74) is 0.240. The molecule has 24 heavy (non-hydrogen) atoms. The predicted octanol–water partition coefficient (Wildman–Crippen LogP) is 2.94. The standard InChI is InChI=1S/C14H9BrFN3O2.CH2F2/c1-8-6-9(2-3-10(8)15)18-13(21)7-11(16)19-12(20)4-5-17-14(18)19;2-1-3/h2-7H,1H3;1H2. The number of hydrogen-bond acceptors (Lipinski definition) is 3. The number of aromatic nitrogens is 3. The van der Waals surface area contributed by atoms with Gasteiger partial charge in [0.15, 0.2) is 0 Å². The Morgan fingerprint density at radius 3 is 2.42 bits per heavy atom. The third-order valence-electron chi connectivity index (χ3n) is 3.10. The van der Waals surface area contributed by atoms with E-state index in [2.05, 4.69) is 20.9 Å². The minimum atomic E-state index is -1.75. The molecular formula is C15H11BrF3N3O2. The molecule has 2 aromatic heterocycles. The topological polar surface area (TPSA) is 56.4 Å². The second-order valence-corrected chi connectivity index (χ2v) is 5.45. The summed E-state index contributed by atoms with van der Waals surface area (Å²) < 4.78 is 35.9. The molecular weight excluding hydrogens is 391 g/mol. The van der Waals surface area contributed by atoms with Gasteiger partial charge in [0.2, 0.25) is 18.7 Å². The van der Waals surface area contributed by atoms with Crippen molar-refractivity contribution in [2.45, 2.75) is 6.92 Å². The van der Waals surface area contributed by atoms with Gasteiger partial charge in [-0.1, -0.05) is 15.9 Å².